The van der Waals surface area contributed by atoms with E-state index in [2.05, 4.69) is 26.3 Å². The van der Waals surface area contributed by atoms with Crippen LogP contribution in [0.3, 0.4) is 0 Å². The first-order chi connectivity index (χ1) is 9.88. The van der Waals surface area contributed by atoms with Crippen LogP contribution < -0.4 is 16.6 Å². The van der Waals surface area contributed by atoms with Gasteiger partial charge in [-0.15, -0.1) is 0 Å². The molecule has 0 saturated carbocycles. The number of carbonyl (C=O) groups excluding carboxylic acids is 1. The normalized spacial score (nSPS) is 10.6. The molecule has 0 aliphatic rings. The van der Waals surface area contributed by atoms with Gasteiger partial charge in [0.15, 0.2) is 0 Å². The molecule has 0 aliphatic carbocycles. The first kappa shape index (κ1) is 15.2. The second-order valence-corrected chi connectivity index (χ2v) is 5.40. The zero-order valence-corrected chi connectivity index (χ0v) is 13.1. The summed E-state index contributed by atoms with van der Waals surface area (Å²) in [5.41, 5.74) is -0.960. The van der Waals surface area contributed by atoms with Crippen LogP contribution in [0.2, 0.25) is 0 Å². The second kappa shape index (κ2) is 6.08. The van der Waals surface area contributed by atoms with Crippen molar-refractivity contribution in [2.75, 3.05) is 5.32 Å². The molecule has 8 nitrogen and oxygen atoms in total. The zero-order valence-electron chi connectivity index (χ0n) is 11.5. The average molecular weight is 356 g/mol. The van der Waals surface area contributed by atoms with E-state index in [1.165, 1.54) is 24.7 Å². The van der Waals surface area contributed by atoms with Crippen molar-refractivity contribution in [3.8, 4) is 0 Å². The minimum atomic E-state index is -0.492. The van der Waals surface area contributed by atoms with Gasteiger partial charge in [0.2, 0.25) is 5.91 Å². The third-order valence-corrected chi connectivity index (χ3v) is 3.37. The van der Waals surface area contributed by atoms with Gasteiger partial charge in [0, 0.05) is 39.3 Å². The highest BCUT2D eigenvalue weighted by Gasteiger charge is 2.09. The number of hydrogen-bond donors (Lipinski definition) is 1. The Labute approximate surface area is 128 Å². The molecule has 112 valence electrons. The molecule has 0 unspecified atom stereocenters. The summed E-state index contributed by atoms with van der Waals surface area (Å²) in [6, 6.07) is 1.21. The van der Waals surface area contributed by atoms with E-state index in [0.717, 1.165) is 9.04 Å². The first-order valence-electron chi connectivity index (χ1n) is 6.13. The Bertz CT molecular complexity index is 789. The number of rotatable bonds is 4. The van der Waals surface area contributed by atoms with E-state index in [1.54, 1.807) is 17.1 Å². The topological polar surface area (TPSA) is 90.9 Å². The molecular formula is C12H14BrN5O3. The second-order valence-electron chi connectivity index (χ2n) is 4.49. The molecule has 21 heavy (non-hydrogen) atoms. The van der Waals surface area contributed by atoms with Crippen LogP contribution >= 0.6 is 15.9 Å². The van der Waals surface area contributed by atoms with Crippen molar-refractivity contribution in [3.05, 3.63) is 43.8 Å². The number of aryl methyl sites for hydroxylation is 1. The number of nitrogens with one attached hydrogen (secondary N) is 1. The van der Waals surface area contributed by atoms with E-state index in [4.69, 9.17) is 0 Å². The van der Waals surface area contributed by atoms with E-state index < -0.39 is 11.2 Å². The quantitative estimate of drug-likeness (QED) is 0.840. The summed E-state index contributed by atoms with van der Waals surface area (Å²) in [4.78, 5) is 35.1. The zero-order chi connectivity index (χ0) is 15.6. The fraction of sp³-hybridized carbons (Fsp3) is 0.333. The minimum absolute atomic E-state index is 0.176. The Hall–Kier alpha value is -2.16. The lowest BCUT2D eigenvalue weighted by atomic mass is 10.4. The van der Waals surface area contributed by atoms with Crippen molar-refractivity contribution >= 4 is 27.7 Å². The number of anilines is 1. The van der Waals surface area contributed by atoms with Crippen molar-refractivity contribution in [2.24, 2.45) is 14.1 Å². The van der Waals surface area contributed by atoms with Crippen LogP contribution in [0.15, 0.2) is 32.5 Å². The Morgan fingerprint density at radius 1 is 1.33 bits per heavy atom. The van der Waals surface area contributed by atoms with Crippen LogP contribution in [0.4, 0.5) is 5.82 Å². The van der Waals surface area contributed by atoms with Crippen LogP contribution in [0, 0.1) is 0 Å². The molecule has 0 saturated heterocycles. The van der Waals surface area contributed by atoms with Crippen LogP contribution in [-0.4, -0.2) is 24.8 Å². The standard InChI is InChI=1S/C12H14BrN5O3/c1-16-9(5-11(20)17(2)12(16)21)15-10(19)3-4-18-7-8(13)6-14-18/h5-7H,3-4H2,1-2H3,(H,15,19). The number of nitrogens with zero attached hydrogens (tertiary/aromatic N) is 4. The van der Waals surface area contributed by atoms with Gasteiger partial charge in [-0.2, -0.15) is 5.10 Å². The monoisotopic (exact) mass is 355 g/mol. The summed E-state index contributed by atoms with van der Waals surface area (Å²) < 4.78 is 4.63. The van der Waals surface area contributed by atoms with Gasteiger partial charge in [-0.25, -0.2) is 4.79 Å². The summed E-state index contributed by atoms with van der Waals surface area (Å²) in [6.45, 7) is 0.399. The molecule has 0 spiro atoms. The lowest BCUT2D eigenvalue weighted by Crippen LogP contribution is -2.38. The highest BCUT2D eigenvalue weighted by atomic mass is 79.9. The summed E-state index contributed by atoms with van der Waals surface area (Å²) >= 11 is 3.27. The van der Waals surface area contributed by atoms with Gasteiger partial charge < -0.3 is 5.32 Å². The van der Waals surface area contributed by atoms with Crippen LogP contribution in [0.25, 0.3) is 0 Å². The van der Waals surface area contributed by atoms with Crippen molar-refractivity contribution in [1.82, 2.24) is 18.9 Å². The molecule has 2 aromatic rings. The Morgan fingerprint density at radius 2 is 2.05 bits per heavy atom. The minimum Gasteiger partial charge on any atom is -0.312 e. The lowest BCUT2D eigenvalue weighted by Gasteiger charge is -2.10. The van der Waals surface area contributed by atoms with Crippen molar-refractivity contribution < 1.29 is 4.79 Å². The van der Waals surface area contributed by atoms with E-state index in [9.17, 15) is 14.4 Å². The lowest BCUT2D eigenvalue weighted by molar-refractivity contribution is -0.116. The predicted molar refractivity (Wildman–Crippen MR) is 80.1 cm³/mol. The molecule has 2 heterocycles. The maximum atomic E-state index is 11.9. The van der Waals surface area contributed by atoms with E-state index in [0.29, 0.717) is 6.54 Å². The van der Waals surface area contributed by atoms with E-state index in [1.807, 2.05) is 0 Å². The van der Waals surface area contributed by atoms with Gasteiger partial charge in [-0.3, -0.25) is 23.4 Å². The number of aromatic nitrogens is 4. The van der Waals surface area contributed by atoms with Crippen LogP contribution in [0.5, 0.6) is 0 Å². The van der Waals surface area contributed by atoms with Gasteiger partial charge in [-0.1, -0.05) is 0 Å². The number of halogens is 1. The molecule has 0 fully saturated rings. The summed E-state index contributed by atoms with van der Waals surface area (Å²) in [7, 11) is 2.87. The van der Waals surface area contributed by atoms with Crippen molar-refractivity contribution in [2.45, 2.75) is 13.0 Å². The van der Waals surface area contributed by atoms with Crippen LogP contribution in [-0.2, 0) is 25.4 Å². The molecule has 0 bridgehead atoms. The third-order valence-electron chi connectivity index (χ3n) is 2.96. The molecule has 0 radical (unpaired) electrons. The third kappa shape index (κ3) is 3.48. The van der Waals surface area contributed by atoms with Crippen LogP contribution in [0.1, 0.15) is 6.42 Å². The van der Waals surface area contributed by atoms with Crippen molar-refractivity contribution in [3.63, 3.8) is 0 Å². The molecule has 2 rings (SSSR count). The maximum Gasteiger partial charge on any atom is 0.332 e. The predicted octanol–water partition coefficient (Wildman–Crippen LogP) is 0.0718. The number of hydrogen-bond acceptors (Lipinski definition) is 4. The molecule has 0 aromatic carbocycles. The van der Waals surface area contributed by atoms with Gasteiger partial charge in [0.05, 0.1) is 10.7 Å². The molecule has 1 amide bonds. The first-order valence-corrected chi connectivity index (χ1v) is 6.92. The molecule has 2 aromatic heterocycles. The number of amides is 1. The van der Waals surface area contributed by atoms with Gasteiger partial charge in [-0.05, 0) is 15.9 Å². The Kier molecular flexibility index (Phi) is 4.41. The Balaban J connectivity index is 2.06. The highest BCUT2D eigenvalue weighted by molar-refractivity contribution is 9.10. The van der Waals surface area contributed by atoms with Gasteiger partial charge in [0.25, 0.3) is 5.56 Å². The Morgan fingerprint density at radius 3 is 2.67 bits per heavy atom. The molecule has 1 N–H and O–H groups in total. The molecular weight excluding hydrogens is 342 g/mol. The summed E-state index contributed by atoms with van der Waals surface area (Å²) in [6.07, 6.45) is 3.56. The van der Waals surface area contributed by atoms with Gasteiger partial charge >= 0.3 is 5.69 Å². The largest absolute Gasteiger partial charge is 0.332 e. The SMILES string of the molecule is Cn1c(NC(=O)CCn2cc(Br)cn2)cc(=O)n(C)c1=O. The average Bonchev–Trinajstić information content (AvgIpc) is 2.86. The number of carbonyl (C=O) groups is 1. The van der Waals surface area contributed by atoms with Crippen molar-refractivity contribution in [1.29, 1.82) is 0 Å². The highest BCUT2D eigenvalue weighted by Crippen LogP contribution is 2.07. The maximum absolute atomic E-state index is 11.9. The fourth-order valence-electron chi connectivity index (χ4n) is 1.73. The van der Waals surface area contributed by atoms with Gasteiger partial charge in [0.1, 0.15) is 5.82 Å². The molecule has 0 atom stereocenters. The van der Waals surface area contributed by atoms with E-state index >= 15 is 0 Å². The fourth-order valence-corrected chi connectivity index (χ4v) is 2.06. The summed E-state index contributed by atoms with van der Waals surface area (Å²) in [5, 5.41) is 6.59. The van der Waals surface area contributed by atoms with E-state index in [-0.39, 0.29) is 18.1 Å². The molecule has 0 aliphatic heterocycles. The molecule has 9 heteroatoms. The smallest absolute Gasteiger partial charge is 0.312 e. The summed E-state index contributed by atoms with van der Waals surface area (Å²) in [5.74, 6) is -0.125.